The fourth-order valence-corrected chi connectivity index (χ4v) is 3.98. The van der Waals surface area contributed by atoms with Gasteiger partial charge in [0.25, 0.3) is 0 Å². The molecule has 2 aromatic carbocycles. The van der Waals surface area contributed by atoms with Gasteiger partial charge in [-0.3, -0.25) is 9.20 Å². The number of carbonyl (C=O) groups excluding carboxylic acids is 1. The molecule has 0 bridgehead atoms. The molecular formula is C26H24F2N2O4. The van der Waals surface area contributed by atoms with Crippen LogP contribution in [0.1, 0.15) is 45.4 Å². The lowest BCUT2D eigenvalue weighted by Gasteiger charge is -2.13. The lowest BCUT2D eigenvalue weighted by atomic mass is 9.97. The Morgan fingerprint density at radius 2 is 1.82 bits per heavy atom. The van der Waals surface area contributed by atoms with E-state index in [0.29, 0.717) is 34.8 Å². The van der Waals surface area contributed by atoms with Crippen molar-refractivity contribution in [3.8, 4) is 5.75 Å². The van der Waals surface area contributed by atoms with Gasteiger partial charge in [-0.05, 0) is 48.7 Å². The van der Waals surface area contributed by atoms with Gasteiger partial charge in [-0.1, -0.05) is 30.3 Å². The van der Waals surface area contributed by atoms with E-state index in [9.17, 15) is 23.8 Å². The first-order valence-corrected chi connectivity index (χ1v) is 10.8. The summed E-state index contributed by atoms with van der Waals surface area (Å²) in [5.74, 6) is -1.26. The second kappa shape index (κ2) is 10.1. The maximum absolute atomic E-state index is 14.0. The van der Waals surface area contributed by atoms with Gasteiger partial charge in [0.05, 0.1) is 17.9 Å². The molecule has 4 rings (SSSR count). The van der Waals surface area contributed by atoms with Gasteiger partial charge < -0.3 is 14.9 Å². The van der Waals surface area contributed by atoms with Gasteiger partial charge in [-0.2, -0.15) is 0 Å². The minimum absolute atomic E-state index is 0.157. The van der Waals surface area contributed by atoms with Gasteiger partial charge in [0, 0.05) is 12.6 Å². The number of aliphatic hydroxyl groups is 2. The highest BCUT2D eigenvalue weighted by atomic mass is 19.1. The van der Waals surface area contributed by atoms with Crippen LogP contribution in [0.2, 0.25) is 0 Å². The van der Waals surface area contributed by atoms with Crippen molar-refractivity contribution in [3.05, 3.63) is 101 Å². The van der Waals surface area contributed by atoms with Crippen molar-refractivity contribution >= 4 is 11.4 Å². The number of Topliss-reactive ketones (excluding diaryl/α,β-unsaturated/α-hetero) is 1. The van der Waals surface area contributed by atoms with E-state index in [1.54, 1.807) is 41.8 Å². The van der Waals surface area contributed by atoms with Crippen molar-refractivity contribution < 1.29 is 28.5 Å². The molecule has 4 aromatic rings. The molecule has 2 N–H and O–H groups in total. The molecule has 8 heteroatoms. The fourth-order valence-electron chi connectivity index (χ4n) is 3.98. The number of aliphatic hydroxyl groups excluding tert-OH is 2. The van der Waals surface area contributed by atoms with Crippen LogP contribution < -0.4 is 4.74 Å². The number of benzene rings is 2. The number of aryl methyl sites for hydroxylation is 2. The van der Waals surface area contributed by atoms with E-state index in [1.807, 2.05) is 12.1 Å². The Kier molecular flexibility index (Phi) is 7.00. The van der Waals surface area contributed by atoms with E-state index >= 15 is 0 Å². The number of hydrogen-bond donors (Lipinski definition) is 2. The monoisotopic (exact) mass is 466 g/mol. The maximum Gasteiger partial charge on any atom is 0.181 e. The summed E-state index contributed by atoms with van der Waals surface area (Å²) in [7, 11) is 0. The third-order valence-corrected chi connectivity index (χ3v) is 5.69. The van der Waals surface area contributed by atoms with E-state index in [4.69, 9.17) is 4.74 Å². The molecule has 0 aliphatic heterocycles. The lowest BCUT2D eigenvalue weighted by molar-refractivity contribution is 0.0940. The van der Waals surface area contributed by atoms with Crippen LogP contribution in [0.15, 0.2) is 60.8 Å². The number of aromatic nitrogens is 2. The molecule has 34 heavy (non-hydrogen) atoms. The summed E-state index contributed by atoms with van der Waals surface area (Å²) < 4.78 is 35.2. The average Bonchev–Trinajstić information content (AvgIpc) is 3.18. The molecule has 2 heterocycles. The number of halogens is 2. The van der Waals surface area contributed by atoms with E-state index < -0.39 is 24.3 Å². The van der Waals surface area contributed by atoms with Crippen molar-refractivity contribution in [2.24, 2.45) is 0 Å². The predicted molar refractivity (Wildman–Crippen MR) is 122 cm³/mol. The summed E-state index contributed by atoms with van der Waals surface area (Å²) in [6.07, 6.45) is 1.21. The third-order valence-electron chi connectivity index (χ3n) is 5.69. The van der Waals surface area contributed by atoms with Crippen LogP contribution >= 0.6 is 0 Å². The number of ether oxygens (including phenoxy) is 1. The Morgan fingerprint density at radius 3 is 2.56 bits per heavy atom. The molecule has 1 atom stereocenters. The number of hydrogen-bond acceptors (Lipinski definition) is 5. The second-order valence-electron chi connectivity index (χ2n) is 7.92. The molecule has 0 saturated carbocycles. The topological polar surface area (TPSA) is 84.1 Å². The Hall–Kier alpha value is -3.62. The van der Waals surface area contributed by atoms with Crippen LogP contribution in [0.4, 0.5) is 8.78 Å². The lowest BCUT2D eigenvalue weighted by Crippen LogP contribution is -2.10. The molecule has 176 valence electrons. The molecule has 0 aliphatic rings. The van der Waals surface area contributed by atoms with Crippen molar-refractivity contribution in [2.75, 3.05) is 6.61 Å². The molecule has 0 fully saturated rings. The highest BCUT2D eigenvalue weighted by Gasteiger charge is 2.20. The zero-order valence-corrected chi connectivity index (χ0v) is 18.5. The highest BCUT2D eigenvalue weighted by Crippen LogP contribution is 2.26. The quantitative estimate of drug-likeness (QED) is 0.359. The standard InChI is InChI=1S/C26H24F2N2O4/c1-16-25(22(32)12-11-17-6-2-3-7-18(17)23(33)14-31)30-13-5-10-24(26(30)29-16)34-15-19-20(27)8-4-9-21(19)28/h2-10,13,23,31,33H,11-12,14-15H2,1H3. The van der Waals surface area contributed by atoms with Crippen molar-refractivity contribution in [1.82, 2.24) is 9.38 Å². The summed E-state index contributed by atoms with van der Waals surface area (Å²) in [5.41, 5.74) is 2.44. The minimum atomic E-state index is -1.01. The van der Waals surface area contributed by atoms with Crippen LogP contribution in [-0.4, -0.2) is 32.0 Å². The number of rotatable bonds is 9. The van der Waals surface area contributed by atoms with Crippen LogP contribution in [0.3, 0.4) is 0 Å². The number of pyridine rings is 1. The summed E-state index contributed by atoms with van der Waals surface area (Å²) in [6, 6.07) is 14.0. The Morgan fingerprint density at radius 1 is 1.09 bits per heavy atom. The fraction of sp³-hybridized carbons (Fsp3) is 0.231. The number of ketones is 1. The maximum atomic E-state index is 14.0. The summed E-state index contributed by atoms with van der Waals surface area (Å²) >= 11 is 0. The summed E-state index contributed by atoms with van der Waals surface area (Å²) in [4.78, 5) is 17.6. The van der Waals surface area contributed by atoms with Crippen molar-refractivity contribution in [3.63, 3.8) is 0 Å². The zero-order valence-electron chi connectivity index (χ0n) is 18.5. The number of fused-ring (bicyclic) bond motifs is 1. The van der Waals surface area contributed by atoms with Crippen LogP contribution in [0.25, 0.3) is 5.65 Å². The molecule has 0 radical (unpaired) electrons. The van der Waals surface area contributed by atoms with Gasteiger partial charge in [0.2, 0.25) is 0 Å². The molecule has 6 nitrogen and oxygen atoms in total. The van der Waals surface area contributed by atoms with Gasteiger partial charge >= 0.3 is 0 Å². The third kappa shape index (κ3) is 4.69. The van der Waals surface area contributed by atoms with Gasteiger partial charge in [0.1, 0.15) is 30.0 Å². The highest BCUT2D eigenvalue weighted by molar-refractivity contribution is 5.96. The number of nitrogens with zero attached hydrogens (tertiary/aromatic N) is 2. The van der Waals surface area contributed by atoms with Crippen LogP contribution in [0.5, 0.6) is 5.75 Å². The Bertz CT molecular complexity index is 1320. The van der Waals surface area contributed by atoms with E-state index in [0.717, 1.165) is 17.7 Å². The van der Waals surface area contributed by atoms with Gasteiger partial charge in [0.15, 0.2) is 17.2 Å². The van der Waals surface area contributed by atoms with Crippen LogP contribution in [-0.2, 0) is 13.0 Å². The number of carbonyl (C=O) groups is 1. The minimum Gasteiger partial charge on any atom is -0.485 e. The second-order valence-corrected chi connectivity index (χ2v) is 7.92. The van der Waals surface area contributed by atoms with E-state index in [1.165, 1.54) is 6.07 Å². The molecule has 0 spiro atoms. The summed E-state index contributed by atoms with van der Waals surface area (Å²) in [5, 5.41) is 19.3. The first-order chi connectivity index (χ1) is 16.4. The van der Waals surface area contributed by atoms with Crippen molar-refractivity contribution in [2.45, 2.75) is 32.5 Å². The Balaban J connectivity index is 1.56. The molecule has 1 unspecified atom stereocenters. The van der Waals surface area contributed by atoms with Crippen LogP contribution in [0, 0.1) is 18.6 Å². The largest absolute Gasteiger partial charge is 0.485 e. The molecule has 0 saturated heterocycles. The van der Waals surface area contributed by atoms with Crippen molar-refractivity contribution in [1.29, 1.82) is 0 Å². The smallest absolute Gasteiger partial charge is 0.181 e. The molecule has 0 amide bonds. The van der Waals surface area contributed by atoms with E-state index in [2.05, 4.69) is 4.98 Å². The molecular weight excluding hydrogens is 442 g/mol. The van der Waals surface area contributed by atoms with Gasteiger partial charge in [-0.15, -0.1) is 0 Å². The normalized spacial score (nSPS) is 12.1. The zero-order chi connectivity index (χ0) is 24.2. The molecule has 2 aromatic heterocycles. The first kappa shape index (κ1) is 23.5. The van der Waals surface area contributed by atoms with E-state index in [-0.39, 0.29) is 24.4 Å². The first-order valence-electron chi connectivity index (χ1n) is 10.8. The SMILES string of the molecule is Cc1nc2c(OCc3c(F)cccc3F)cccn2c1C(=O)CCc1ccccc1C(O)CO. The Labute approximate surface area is 195 Å². The number of imidazole rings is 1. The van der Waals surface area contributed by atoms with Gasteiger partial charge in [-0.25, -0.2) is 13.8 Å². The summed E-state index contributed by atoms with van der Waals surface area (Å²) in [6.45, 7) is 0.984. The molecule has 0 aliphatic carbocycles. The average molecular weight is 466 g/mol. The predicted octanol–water partition coefficient (Wildman–Crippen LogP) is 4.34.